The average Bonchev–Trinajstić information content (AvgIpc) is 2.40. The SMILES string of the molecule is CCCC(Oc1c(N)cccc1C(=O)O)C(=O)OCC. The summed E-state index contributed by atoms with van der Waals surface area (Å²) >= 11 is 0. The van der Waals surface area contributed by atoms with Gasteiger partial charge in [-0.3, -0.25) is 0 Å². The minimum atomic E-state index is -1.16. The smallest absolute Gasteiger partial charge is 0.347 e. The molecule has 1 aromatic carbocycles. The van der Waals surface area contributed by atoms with Gasteiger partial charge in [0.05, 0.1) is 12.3 Å². The maximum absolute atomic E-state index is 11.8. The van der Waals surface area contributed by atoms with Crippen molar-refractivity contribution in [2.45, 2.75) is 32.8 Å². The van der Waals surface area contributed by atoms with Crippen LogP contribution in [0.4, 0.5) is 5.69 Å². The molecule has 1 rings (SSSR count). The van der Waals surface area contributed by atoms with Gasteiger partial charge < -0.3 is 20.3 Å². The molecule has 3 N–H and O–H groups in total. The molecule has 0 saturated heterocycles. The first-order chi connectivity index (χ1) is 9.51. The lowest BCUT2D eigenvalue weighted by Crippen LogP contribution is -2.30. The maximum atomic E-state index is 11.8. The second-order valence-corrected chi connectivity index (χ2v) is 4.18. The van der Waals surface area contributed by atoms with Crippen molar-refractivity contribution in [1.29, 1.82) is 0 Å². The number of nitrogens with two attached hydrogens (primary N) is 1. The van der Waals surface area contributed by atoms with Gasteiger partial charge in [0.2, 0.25) is 0 Å². The van der Waals surface area contributed by atoms with Gasteiger partial charge in [0.15, 0.2) is 11.9 Å². The molecular weight excluding hydrogens is 262 g/mol. The van der Waals surface area contributed by atoms with E-state index in [1.165, 1.54) is 18.2 Å². The van der Waals surface area contributed by atoms with Crippen LogP contribution >= 0.6 is 0 Å². The summed E-state index contributed by atoms with van der Waals surface area (Å²) in [4.78, 5) is 23.0. The number of anilines is 1. The summed E-state index contributed by atoms with van der Waals surface area (Å²) in [7, 11) is 0. The third kappa shape index (κ3) is 3.88. The van der Waals surface area contributed by atoms with E-state index in [1.54, 1.807) is 6.92 Å². The highest BCUT2D eigenvalue weighted by molar-refractivity contribution is 5.93. The van der Waals surface area contributed by atoms with Crippen LogP contribution in [0.25, 0.3) is 0 Å². The zero-order chi connectivity index (χ0) is 15.1. The van der Waals surface area contributed by atoms with Crippen LogP contribution in [0.5, 0.6) is 5.75 Å². The number of benzene rings is 1. The Hall–Kier alpha value is -2.24. The number of carbonyl (C=O) groups is 2. The van der Waals surface area contributed by atoms with Crippen molar-refractivity contribution in [1.82, 2.24) is 0 Å². The van der Waals surface area contributed by atoms with Crippen molar-refractivity contribution in [3.63, 3.8) is 0 Å². The summed E-state index contributed by atoms with van der Waals surface area (Å²) in [5.74, 6) is -1.67. The predicted octanol–water partition coefficient (Wildman–Crippen LogP) is 2.08. The molecule has 0 heterocycles. The Labute approximate surface area is 117 Å². The van der Waals surface area contributed by atoms with E-state index in [0.29, 0.717) is 12.8 Å². The number of carboxylic acids is 1. The largest absolute Gasteiger partial charge is 0.478 e. The zero-order valence-corrected chi connectivity index (χ0v) is 11.6. The number of hydrogen-bond donors (Lipinski definition) is 2. The number of nitrogen functional groups attached to an aromatic ring is 1. The van der Waals surface area contributed by atoms with Crippen molar-refractivity contribution in [2.75, 3.05) is 12.3 Å². The molecule has 1 atom stereocenters. The van der Waals surface area contributed by atoms with E-state index in [-0.39, 0.29) is 23.6 Å². The first-order valence-corrected chi connectivity index (χ1v) is 6.46. The van der Waals surface area contributed by atoms with E-state index < -0.39 is 18.0 Å². The molecule has 0 aromatic heterocycles. The Balaban J connectivity index is 3.04. The van der Waals surface area contributed by atoms with Gasteiger partial charge in [-0.1, -0.05) is 19.4 Å². The van der Waals surface area contributed by atoms with Crippen molar-refractivity contribution in [3.8, 4) is 5.75 Å². The number of aromatic carboxylic acids is 1. The minimum Gasteiger partial charge on any atom is -0.478 e. The van der Waals surface area contributed by atoms with Crippen molar-refractivity contribution >= 4 is 17.6 Å². The van der Waals surface area contributed by atoms with Gasteiger partial charge in [-0.25, -0.2) is 9.59 Å². The topological polar surface area (TPSA) is 98.9 Å². The van der Waals surface area contributed by atoms with Crippen LogP contribution in [-0.2, 0) is 9.53 Å². The van der Waals surface area contributed by atoms with Gasteiger partial charge in [-0.2, -0.15) is 0 Å². The monoisotopic (exact) mass is 281 g/mol. The minimum absolute atomic E-state index is 0.00602. The van der Waals surface area contributed by atoms with Gasteiger partial charge in [0.1, 0.15) is 5.56 Å². The summed E-state index contributed by atoms with van der Waals surface area (Å²) in [6.45, 7) is 3.82. The van der Waals surface area contributed by atoms with Crippen LogP contribution < -0.4 is 10.5 Å². The van der Waals surface area contributed by atoms with E-state index in [0.717, 1.165) is 0 Å². The van der Waals surface area contributed by atoms with Crippen molar-refractivity contribution in [2.24, 2.45) is 0 Å². The fraction of sp³-hybridized carbons (Fsp3) is 0.429. The maximum Gasteiger partial charge on any atom is 0.347 e. The Morgan fingerprint density at radius 2 is 2.05 bits per heavy atom. The molecule has 20 heavy (non-hydrogen) atoms. The van der Waals surface area contributed by atoms with Crippen LogP contribution in [0, 0.1) is 0 Å². The standard InChI is InChI=1S/C14H19NO5/c1-3-6-11(14(18)19-4-2)20-12-9(13(16)17)7-5-8-10(12)15/h5,7-8,11H,3-4,6,15H2,1-2H3,(H,16,17). The van der Waals surface area contributed by atoms with Crippen LogP contribution in [0.2, 0.25) is 0 Å². The third-order valence-electron chi connectivity index (χ3n) is 2.64. The van der Waals surface area contributed by atoms with Crippen LogP contribution in [0.3, 0.4) is 0 Å². The molecule has 1 aromatic rings. The molecule has 0 radical (unpaired) electrons. The molecular formula is C14H19NO5. The number of hydrogen-bond acceptors (Lipinski definition) is 5. The number of rotatable bonds is 7. The summed E-state index contributed by atoms with van der Waals surface area (Å²) in [5, 5.41) is 9.12. The van der Waals surface area contributed by atoms with Gasteiger partial charge in [0.25, 0.3) is 0 Å². The van der Waals surface area contributed by atoms with Crippen LogP contribution in [0.1, 0.15) is 37.0 Å². The van der Waals surface area contributed by atoms with E-state index in [9.17, 15) is 9.59 Å². The number of carbonyl (C=O) groups excluding carboxylic acids is 1. The van der Waals surface area contributed by atoms with Crippen molar-refractivity contribution < 1.29 is 24.2 Å². The Bertz CT molecular complexity index is 486. The number of ether oxygens (including phenoxy) is 2. The fourth-order valence-electron chi connectivity index (χ4n) is 1.72. The molecule has 0 aliphatic carbocycles. The summed E-state index contributed by atoms with van der Waals surface area (Å²) in [6.07, 6.45) is 0.257. The summed E-state index contributed by atoms with van der Waals surface area (Å²) in [5.41, 5.74) is 5.84. The molecule has 0 spiro atoms. The molecule has 1 unspecified atom stereocenters. The highest BCUT2D eigenvalue weighted by atomic mass is 16.6. The average molecular weight is 281 g/mol. The van der Waals surface area contributed by atoms with Crippen LogP contribution in [-0.4, -0.2) is 29.8 Å². The molecule has 0 saturated carbocycles. The Kier molecular flexibility index (Phi) is 5.83. The second kappa shape index (κ2) is 7.37. The van der Waals surface area contributed by atoms with E-state index in [2.05, 4.69) is 0 Å². The van der Waals surface area contributed by atoms with E-state index in [1.807, 2.05) is 6.92 Å². The lowest BCUT2D eigenvalue weighted by atomic mass is 10.1. The normalized spacial score (nSPS) is 11.7. The highest BCUT2D eigenvalue weighted by Crippen LogP contribution is 2.28. The van der Waals surface area contributed by atoms with E-state index >= 15 is 0 Å². The molecule has 0 bridgehead atoms. The Morgan fingerprint density at radius 1 is 1.35 bits per heavy atom. The zero-order valence-electron chi connectivity index (χ0n) is 11.6. The predicted molar refractivity (Wildman–Crippen MR) is 73.8 cm³/mol. The molecule has 0 aliphatic rings. The molecule has 0 amide bonds. The number of carboxylic acid groups (broad SMARTS) is 1. The lowest BCUT2D eigenvalue weighted by Gasteiger charge is -2.19. The first-order valence-electron chi connectivity index (χ1n) is 6.46. The second-order valence-electron chi connectivity index (χ2n) is 4.18. The van der Waals surface area contributed by atoms with Gasteiger partial charge in [-0.15, -0.1) is 0 Å². The quantitative estimate of drug-likeness (QED) is 0.586. The van der Waals surface area contributed by atoms with E-state index in [4.69, 9.17) is 20.3 Å². The highest BCUT2D eigenvalue weighted by Gasteiger charge is 2.24. The lowest BCUT2D eigenvalue weighted by molar-refractivity contribution is -0.151. The fourth-order valence-corrected chi connectivity index (χ4v) is 1.72. The summed E-state index contributed by atoms with van der Waals surface area (Å²) < 4.78 is 10.4. The molecule has 110 valence electrons. The number of para-hydroxylation sites is 1. The molecule has 0 aliphatic heterocycles. The summed E-state index contributed by atoms with van der Waals surface area (Å²) in [6, 6.07) is 4.42. The molecule has 6 nitrogen and oxygen atoms in total. The first kappa shape index (κ1) is 15.8. The van der Waals surface area contributed by atoms with Gasteiger partial charge in [0, 0.05) is 0 Å². The molecule has 6 heteroatoms. The van der Waals surface area contributed by atoms with Crippen molar-refractivity contribution in [3.05, 3.63) is 23.8 Å². The third-order valence-corrected chi connectivity index (χ3v) is 2.64. The molecule has 0 fully saturated rings. The number of esters is 1. The van der Waals surface area contributed by atoms with Crippen LogP contribution in [0.15, 0.2) is 18.2 Å². The van der Waals surface area contributed by atoms with Gasteiger partial charge in [-0.05, 0) is 25.5 Å². The Morgan fingerprint density at radius 3 is 2.60 bits per heavy atom. The van der Waals surface area contributed by atoms with Gasteiger partial charge >= 0.3 is 11.9 Å².